The standard InChI is InChI=1S/C14H10I2O4/c15-16(11-5-1-3-9(7-11)13(17)18)12-6-2-4-10(8-12)14(19)20/h1-8H,(H,17,18)(H,19,20). The van der Waals surface area contributed by atoms with Crippen LogP contribution in [0.4, 0.5) is 0 Å². The molecule has 0 atom stereocenters. The van der Waals surface area contributed by atoms with Crippen LogP contribution in [0.2, 0.25) is 0 Å². The predicted molar refractivity (Wildman–Crippen MR) is 92.2 cm³/mol. The Hall–Kier alpha value is -1.16. The molecule has 2 aromatic carbocycles. The van der Waals surface area contributed by atoms with Crippen LogP contribution in [0, 0.1) is 7.14 Å². The van der Waals surface area contributed by atoms with Crippen LogP contribution < -0.4 is 0 Å². The molecule has 104 valence electrons. The second-order valence-electron chi connectivity index (χ2n) is 3.87. The van der Waals surface area contributed by atoms with Crippen LogP contribution in [-0.4, -0.2) is 22.2 Å². The molecule has 0 aliphatic rings. The molecule has 0 spiro atoms. The van der Waals surface area contributed by atoms with Crippen LogP contribution in [0.5, 0.6) is 0 Å². The quantitative estimate of drug-likeness (QED) is 0.629. The molecule has 0 saturated carbocycles. The van der Waals surface area contributed by atoms with E-state index < -0.39 is 27.8 Å². The first-order valence-electron chi connectivity index (χ1n) is 5.52. The fourth-order valence-electron chi connectivity index (χ4n) is 1.58. The first-order valence-corrected chi connectivity index (χ1v) is 14.0. The van der Waals surface area contributed by atoms with Gasteiger partial charge in [-0.05, 0) is 0 Å². The average Bonchev–Trinajstić information content (AvgIpc) is 2.46. The number of carboxylic acids is 2. The van der Waals surface area contributed by atoms with Crippen LogP contribution in [0.3, 0.4) is 0 Å². The van der Waals surface area contributed by atoms with Gasteiger partial charge in [-0.15, -0.1) is 0 Å². The second kappa shape index (κ2) is 6.53. The van der Waals surface area contributed by atoms with Gasteiger partial charge < -0.3 is 0 Å². The van der Waals surface area contributed by atoms with E-state index in [2.05, 4.69) is 18.6 Å². The van der Waals surface area contributed by atoms with Crippen molar-refractivity contribution >= 4 is 46.4 Å². The Morgan fingerprint density at radius 2 is 1.25 bits per heavy atom. The zero-order chi connectivity index (χ0) is 14.7. The summed E-state index contributed by atoms with van der Waals surface area (Å²) < 4.78 is 1.97. The number of carboxylic acid groups (broad SMARTS) is 2. The van der Waals surface area contributed by atoms with E-state index in [-0.39, 0.29) is 11.1 Å². The van der Waals surface area contributed by atoms with Gasteiger partial charge in [0.05, 0.1) is 0 Å². The van der Waals surface area contributed by atoms with Gasteiger partial charge in [0.25, 0.3) is 0 Å². The summed E-state index contributed by atoms with van der Waals surface area (Å²) in [7, 11) is 0. The minimum absolute atomic E-state index is 0.260. The summed E-state index contributed by atoms with van der Waals surface area (Å²) >= 11 is 0.517. The monoisotopic (exact) mass is 496 g/mol. The minimum atomic E-state index is -1.81. The number of benzene rings is 2. The van der Waals surface area contributed by atoms with Crippen LogP contribution in [0.25, 0.3) is 0 Å². The van der Waals surface area contributed by atoms with E-state index >= 15 is 0 Å². The van der Waals surface area contributed by atoms with Crippen molar-refractivity contribution in [2.75, 3.05) is 0 Å². The molecule has 0 aliphatic heterocycles. The summed E-state index contributed by atoms with van der Waals surface area (Å²) in [6.45, 7) is 0. The van der Waals surface area contributed by atoms with Gasteiger partial charge in [0.1, 0.15) is 0 Å². The van der Waals surface area contributed by atoms with E-state index in [9.17, 15) is 9.59 Å². The number of hydrogen-bond acceptors (Lipinski definition) is 2. The summed E-state index contributed by atoms with van der Waals surface area (Å²) in [5.41, 5.74) is 0.520. The number of aromatic carboxylic acids is 2. The Morgan fingerprint density at radius 1 is 0.850 bits per heavy atom. The van der Waals surface area contributed by atoms with E-state index in [0.717, 1.165) is 7.14 Å². The van der Waals surface area contributed by atoms with E-state index in [1.807, 2.05) is 12.1 Å². The maximum atomic E-state index is 11.0. The van der Waals surface area contributed by atoms with Gasteiger partial charge in [-0.3, -0.25) is 0 Å². The third-order valence-electron chi connectivity index (χ3n) is 2.53. The maximum absolute atomic E-state index is 11.0. The van der Waals surface area contributed by atoms with Gasteiger partial charge in [-0.1, -0.05) is 0 Å². The normalized spacial score (nSPS) is 10.9. The molecular weight excluding hydrogens is 486 g/mol. The van der Waals surface area contributed by atoms with E-state index in [0.29, 0.717) is 0 Å². The van der Waals surface area contributed by atoms with Crippen molar-refractivity contribution in [1.29, 1.82) is 0 Å². The van der Waals surface area contributed by atoms with E-state index in [4.69, 9.17) is 10.2 Å². The molecule has 20 heavy (non-hydrogen) atoms. The molecule has 0 radical (unpaired) electrons. The van der Waals surface area contributed by atoms with Crippen molar-refractivity contribution in [3.8, 4) is 0 Å². The topological polar surface area (TPSA) is 74.6 Å². The Bertz CT molecular complexity index is 612. The Balaban J connectivity index is 2.38. The number of hydrogen-bond donors (Lipinski definition) is 2. The van der Waals surface area contributed by atoms with Crippen LogP contribution >= 0.6 is 34.5 Å². The second-order valence-corrected chi connectivity index (χ2v) is 13.2. The van der Waals surface area contributed by atoms with E-state index in [1.54, 1.807) is 36.4 Å². The molecule has 0 bridgehead atoms. The number of halogens is 2. The van der Waals surface area contributed by atoms with Gasteiger partial charge in [0.2, 0.25) is 0 Å². The molecule has 0 aliphatic carbocycles. The zero-order valence-electron chi connectivity index (χ0n) is 10.1. The molecule has 2 N–H and O–H groups in total. The summed E-state index contributed by atoms with van der Waals surface area (Å²) in [5.74, 6) is -1.90. The van der Waals surface area contributed by atoms with Gasteiger partial charge in [0.15, 0.2) is 0 Å². The molecular formula is C14H10I2O4. The average molecular weight is 496 g/mol. The molecule has 0 unspecified atom stereocenters. The third-order valence-corrected chi connectivity index (χ3v) is 12.4. The van der Waals surface area contributed by atoms with Gasteiger partial charge in [-0.2, -0.15) is 0 Å². The molecule has 4 nitrogen and oxygen atoms in total. The fraction of sp³-hybridized carbons (Fsp3) is 0. The van der Waals surface area contributed by atoms with Gasteiger partial charge >= 0.3 is 133 Å². The van der Waals surface area contributed by atoms with Crippen molar-refractivity contribution < 1.29 is 19.8 Å². The van der Waals surface area contributed by atoms with Crippen molar-refractivity contribution in [2.24, 2.45) is 0 Å². The molecule has 6 heteroatoms. The van der Waals surface area contributed by atoms with Crippen LogP contribution in [0.1, 0.15) is 20.7 Å². The number of carbonyl (C=O) groups is 2. The van der Waals surface area contributed by atoms with Gasteiger partial charge in [0, 0.05) is 0 Å². The van der Waals surface area contributed by atoms with Crippen molar-refractivity contribution in [1.82, 2.24) is 0 Å². The van der Waals surface area contributed by atoms with Gasteiger partial charge in [-0.25, -0.2) is 0 Å². The summed E-state index contributed by atoms with van der Waals surface area (Å²) in [6, 6.07) is 13.7. The first-order chi connectivity index (χ1) is 9.49. The summed E-state index contributed by atoms with van der Waals surface area (Å²) in [6.07, 6.45) is 0. The molecule has 2 aromatic rings. The van der Waals surface area contributed by atoms with Crippen molar-refractivity contribution in [2.45, 2.75) is 0 Å². The van der Waals surface area contributed by atoms with Crippen molar-refractivity contribution in [3.63, 3.8) is 0 Å². The molecule has 0 amide bonds. The van der Waals surface area contributed by atoms with Crippen molar-refractivity contribution in [3.05, 3.63) is 66.8 Å². The Labute approximate surface area is 132 Å². The SMILES string of the molecule is O=C(O)c1cccc(I(I)c2cccc(C(=O)O)c2)c1. The third kappa shape index (κ3) is 3.48. The summed E-state index contributed by atoms with van der Waals surface area (Å²) in [4.78, 5) is 22.0. The molecule has 2 rings (SSSR count). The molecule has 0 aromatic heterocycles. The molecule has 0 heterocycles. The summed E-state index contributed by atoms with van der Waals surface area (Å²) in [5, 5.41) is 18.0. The molecule has 0 fully saturated rings. The molecule has 0 saturated heterocycles. The van der Waals surface area contributed by atoms with Crippen LogP contribution in [0.15, 0.2) is 48.5 Å². The van der Waals surface area contributed by atoms with E-state index in [1.165, 1.54) is 0 Å². The zero-order valence-corrected chi connectivity index (χ0v) is 14.4. The first kappa shape index (κ1) is 15.2. The predicted octanol–water partition coefficient (Wildman–Crippen LogP) is 3.98. The Kier molecular flexibility index (Phi) is 4.97. The van der Waals surface area contributed by atoms with Crippen LogP contribution in [-0.2, 0) is 0 Å². The fourth-order valence-corrected chi connectivity index (χ4v) is 7.96. The number of rotatable bonds is 4. The Morgan fingerprint density at radius 3 is 1.60 bits per heavy atom.